The molecule has 2 aromatic carbocycles. The maximum atomic E-state index is 12.8. The molecule has 0 spiro atoms. The summed E-state index contributed by atoms with van der Waals surface area (Å²) in [5, 5.41) is 23.7. The van der Waals surface area contributed by atoms with Crippen molar-refractivity contribution >= 4 is 23.2 Å². The van der Waals surface area contributed by atoms with E-state index in [0.717, 1.165) is 26.2 Å². The van der Waals surface area contributed by atoms with Gasteiger partial charge in [0.2, 0.25) is 0 Å². The molecule has 4 atom stereocenters. The van der Waals surface area contributed by atoms with Gasteiger partial charge in [-0.25, -0.2) is 0 Å². The van der Waals surface area contributed by atoms with Gasteiger partial charge in [-0.15, -0.1) is 0 Å². The first-order valence-electron chi connectivity index (χ1n) is 11.1. The number of para-hydroxylation sites is 1. The van der Waals surface area contributed by atoms with Crippen LogP contribution in [0.25, 0.3) is 0 Å². The van der Waals surface area contributed by atoms with Crippen LogP contribution in [0.3, 0.4) is 0 Å². The molecule has 8 nitrogen and oxygen atoms in total. The number of carbonyl (C=O) groups excluding carboxylic acids is 1. The summed E-state index contributed by atoms with van der Waals surface area (Å²) in [7, 11) is 1.52. The number of anilines is 1. The lowest BCUT2D eigenvalue weighted by Crippen LogP contribution is -2.57. The van der Waals surface area contributed by atoms with Crippen molar-refractivity contribution in [2.24, 2.45) is 0 Å². The molecular formula is C24H30ClN3O5. The molecule has 3 N–H and O–H groups in total. The lowest BCUT2D eigenvalue weighted by atomic mass is 10.0. The Hall–Kier alpha value is -2.36. The highest BCUT2D eigenvalue weighted by Crippen LogP contribution is 2.28. The van der Waals surface area contributed by atoms with Gasteiger partial charge in [0, 0.05) is 38.4 Å². The molecule has 178 valence electrons. The number of aliphatic hydroxyl groups excluding tert-OH is 2. The summed E-state index contributed by atoms with van der Waals surface area (Å²) in [5.74, 6) is 0.184. The second-order valence-electron chi connectivity index (χ2n) is 8.29. The van der Waals surface area contributed by atoms with Crippen LogP contribution in [-0.2, 0) is 4.74 Å². The summed E-state index contributed by atoms with van der Waals surface area (Å²) in [4.78, 5) is 17.3. The largest absolute Gasteiger partial charge is 0.497 e. The number of carbonyl (C=O) groups is 1. The van der Waals surface area contributed by atoms with Gasteiger partial charge in [-0.05, 0) is 30.3 Å². The highest BCUT2D eigenvalue weighted by molar-refractivity contribution is 6.33. The minimum atomic E-state index is -0.847. The zero-order valence-electron chi connectivity index (χ0n) is 18.6. The number of piperazine rings is 1. The van der Waals surface area contributed by atoms with Gasteiger partial charge in [-0.3, -0.25) is 9.69 Å². The topological polar surface area (TPSA) is 94.5 Å². The SMILES string of the molecule is COc1ccc(Cl)c(C(=O)NC[C@H]2O[C@@H](CO)[C@@H](O)[C@H]2N2CCN(c3ccccc3)CC2)c1. The number of nitrogens with one attached hydrogen (secondary N) is 1. The number of hydrogen-bond acceptors (Lipinski definition) is 7. The Morgan fingerprint density at radius 2 is 1.88 bits per heavy atom. The fraction of sp³-hybridized carbons (Fsp3) is 0.458. The van der Waals surface area contributed by atoms with Crippen LogP contribution in [0, 0.1) is 0 Å². The first-order valence-corrected chi connectivity index (χ1v) is 11.5. The van der Waals surface area contributed by atoms with Crippen molar-refractivity contribution in [3.8, 4) is 5.75 Å². The molecule has 0 saturated carbocycles. The van der Waals surface area contributed by atoms with Gasteiger partial charge in [0.15, 0.2) is 0 Å². The van der Waals surface area contributed by atoms with Crippen LogP contribution in [0.4, 0.5) is 5.69 Å². The molecule has 0 bridgehead atoms. The van der Waals surface area contributed by atoms with Gasteiger partial charge in [0.05, 0.1) is 36.4 Å². The molecule has 0 radical (unpaired) electrons. The average molecular weight is 476 g/mol. The number of nitrogens with zero attached hydrogens (tertiary/aromatic N) is 2. The zero-order chi connectivity index (χ0) is 23.4. The molecule has 2 aliphatic heterocycles. The molecule has 2 fully saturated rings. The summed E-state index contributed by atoms with van der Waals surface area (Å²) in [6.45, 7) is 3.01. The summed E-state index contributed by atoms with van der Waals surface area (Å²) >= 11 is 6.19. The van der Waals surface area contributed by atoms with Crippen molar-refractivity contribution in [3.63, 3.8) is 0 Å². The molecular weight excluding hydrogens is 446 g/mol. The van der Waals surface area contributed by atoms with E-state index in [1.165, 1.54) is 12.8 Å². The molecule has 0 aromatic heterocycles. The van der Waals surface area contributed by atoms with Crippen LogP contribution >= 0.6 is 11.6 Å². The average Bonchev–Trinajstić information content (AvgIpc) is 3.18. The third-order valence-electron chi connectivity index (χ3n) is 6.38. The Morgan fingerprint density at radius 3 is 2.55 bits per heavy atom. The Kier molecular flexibility index (Phi) is 7.72. The van der Waals surface area contributed by atoms with Crippen molar-refractivity contribution in [1.29, 1.82) is 0 Å². The number of halogens is 1. The minimum absolute atomic E-state index is 0.184. The van der Waals surface area contributed by atoms with E-state index in [4.69, 9.17) is 21.1 Å². The van der Waals surface area contributed by atoms with E-state index in [-0.39, 0.29) is 25.1 Å². The number of amides is 1. The van der Waals surface area contributed by atoms with E-state index >= 15 is 0 Å². The van der Waals surface area contributed by atoms with E-state index in [1.807, 2.05) is 18.2 Å². The molecule has 2 aliphatic rings. The van der Waals surface area contributed by atoms with E-state index in [1.54, 1.807) is 18.2 Å². The van der Waals surface area contributed by atoms with Gasteiger partial charge >= 0.3 is 0 Å². The maximum absolute atomic E-state index is 12.8. The number of methoxy groups -OCH3 is 1. The van der Waals surface area contributed by atoms with Crippen molar-refractivity contribution in [2.75, 3.05) is 51.3 Å². The van der Waals surface area contributed by atoms with Gasteiger partial charge in [0.25, 0.3) is 5.91 Å². The van der Waals surface area contributed by atoms with Crippen LogP contribution < -0.4 is 15.0 Å². The number of hydrogen-bond donors (Lipinski definition) is 3. The van der Waals surface area contributed by atoms with Gasteiger partial charge in [-0.2, -0.15) is 0 Å². The fourth-order valence-electron chi connectivity index (χ4n) is 4.61. The highest BCUT2D eigenvalue weighted by Gasteiger charge is 2.46. The molecule has 0 aliphatic carbocycles. The molecule has 4 rings (SSSR count). The second kappa shape index (κ2) is 10.7. The molecule has 0 unspecified atom stereocenters. The smallest absolute Gasteiger partial charge is 0.253 e. The number of benzene rings is 2. The van der Waals surface area contributed by atoms with Crippen molar-refractivity contribution < 1.29 is 24.5 Å². The third kappa shape index (κ3) is 5.26. The van der Waals surface area contributed by atoms with Gasteiger partial charge in [-0.1, -0.05) is 29.8 Å². The molecule has 9 heteroatoms. The van der Waals surface area contributed by atoms with Crippen LogP contribution in [0.15, 0.2) is 48.5 Å². The Labute approximate surface area is 198 Å². The predicted molar refractivity (Wildman–Crippen MR) is 126 cm³/mol. The van der Waals surface area contributed by atoms with Crippen molar-refractivity contribution in [3.05, 3.63) is 59.1 Å². The molecule has 1 amide bonds. The maximum Gasteiger partial charge on any atom is 0.253 e. The summed E-state index contributed by atoms with van der Waals surface area (Å²) in [6.07, 6.45) is -2.00. The number of rotatable bonds is 7. The summed E-state index contributed by atoms with van der Waals surface area (Å²) in [6, 6.07) is 14.8. The Balaban J connectivity index is 1.41. The Morgan fingerprint density at radius 1 is 1.15 bits per heavy atom. The lowest BCUT2D eigenvalue weighted by molar-refractivity contribution is -0.0209. The molecule has 33 heavy (non-hydrogen) atoms. The van der Waals surface area contributed by atoms with Crippen LogP contribution in [0.5, 0.6) is 5.75 Å². The van der Waals surface area contributed by atoms with Gasteiger partial charge < -0.3 is 29.9 Å². The molecule has 2 heterocycles. The molecule has 2 aromatic rings. The number of aliphatic hydroxyl groups is 2. The highest BCUT2D eigenvalue weighted by atomic mass is 35.5. The van der Waals surface area contributed by atoms with Crippen LogP contribution in [-0.4, -0.2) is 91.8 Å². The predicted octanol–water partition coefficient (Wildman–Crippen LogP) is 1.39. The summed E-state index contributed by atoms with van der Waals surface area (Å²) in [5.41, 5.74) is 1.48. The zero-order valence-corrected chi connectivity index (χ0v) is 19.3. The third-order valence-corrected chi connectivity index (χ3v) is 6.71. The van der Waals surface area contributed by atoms with Crippen LogP contribution in [0.2, 0.25) is 5.02 Å². The monoisotopic (exact) mass is 475 g/mol. The van der Waals surface area contributed by atoms with E-state index < -0.39 is 18.3 Å². The quantitative estimate of drug-likeness (QED) is 0.557. The van der Waals surface area contributed by atoms with E-state index in [0.29, 0.717) is 16.3 Å². The second-order valence-corrected chi connectivity index (χ2v) is 8.70. The Bertz CT molecular complexity index is 939. The van der Waals surface area contributed by atoms with Crippen molar-refractivity contribution in [1.82, 2.24) is 10.2 Å². The standard InChI is InChI=1S/C24H30ClN3O5/c1-32-17-7-8-19(25)18(13-17)24(31)26-14-20-22(23(30)21(15-29)33-20)28-11-9-27(10-12-28)16-5-3-2-4-6-16/h2-8,13,20-23,29-30H,9-12,14-15H2,1H3,(H,26,31)/t20-,21+,22+,23-/m1/s1. The summed E-state index contributed by atoms with van der Waals surface area (Å²) < 4.78 is 11.1. The lowest BCUT2D eigenvalue weighted by Gasteiger charge is -2.41. The van der Waals surface area contributed by atoms with Gasteiger partial charge in [0.1, 0.15) is 18.0 Å². The normalized spacial score (nSPS) is 25.8. The number of ether oxygens (including phenoxy) is 2. The van der Waals surface area contributed by atoms with Crippen LogP contribution in [0.1, 0.15) is 10.4 Å². The van der Waals surface area contributed by atoms with Crippen molar-refractivity contribution in [2.45, 2.75) is 24.4 Å². The molecule has 2 saturated heterocycles. The minimum Gasteiger partial charge on any atom is -0.497 e. The fourth-order valence-corrected chi connectivity index (χ4v) is 4.81. The van der Waals surface area contributed by atoms with E-state index in [2.05, 4.69) is 27.2 Å². The first-order chi connectivity index (χ1) is 16.0. The first kappa shape index (κ1) is 23.8. The van der Waals surface area contributed by atoms with E-state index in [9.17, 15) is 15.0 Å².